The summed E-state index contributed by atoms with van der Waals surface area (Å²) in [5, 5.41) is 9.25. The first kappa shape index (κ1) is 22.3. The molecule has 0 spiro atoms. The maximum atomic E-state index is 13.7. The number of nitrogens with zero attached hydrogens (tertiary/aromatic N) is 5. The van der Waals surface area contributed by atoms with Crippen molar-refractivity contribution in [2.45, 2.75) is 25.8 Å². The van der Waals surface area contributed by atoms with E-state index >= 15 is 0 Å². The second-order valence-corrected chi connectivity index (χ2v) is 10.6. The molecule has 6 aromatic heterocycles. The lowest BCUT2D eigenvalue weighted by atomic mass is 10.0. The van der Waals surface area contributed by atoms with Crippen LogP contribution in [0.25, 0.3) is 55.0 Å². The first-order chi connectivity index (χ1) is 18.2. The Kier molecular flexibility index (Phi) is 5.52. The van der Waals surface area contributed by atoms with Gasteiger partial charge in [-0.25, -0.2) is 9.97 Å². The van der Waals surface area contributed by atoms with E-state index < -0.39 is 0 Å². The number of fused-ring (bicyclic) bond motifs is 2. The van der Waals surface area contributed by atoms with Crippen molar-refractivity contribution >= 4 is 33.4 Å². The molecule has 0 bridgehead atoms. The van der Waals surface area contributed by atoms with Gasteiger partial charge in [0.2, 0.25) is 0 Å². The van der Waals surface area contributed by atoms with Gasteiger partial charge in [0.15, 0.2) is 10.8 Å². The zero-order valence-corrected chi connectivity index (χ0v) is 20.9. The van der Waals surface area contributed by atoms with Gasteiger partial charge in [-0.3, -0.25) is 15.0 Å². The molecule has 0 unspecified atom stereocenters. The monoisotopic (exact) mass is 509 g/mol. The van der Waals surface area contributed by atoms with Crippen LogP contribution in [-0.2, 0) is 6.54 Å². The van der Waals surface area contributed by atoms with Crippen LogP contribution in [-0.4, -0.2) is 48.1 Å². The molecule has 1 saturated heterocycles. The molecule has 0 atom stereocenters. The van der Waals surface area contributed by atoms with Gasteiger partial charge in [-0.1, -0.05) is 6.42 Å². The highest BCUT2D eigenvalue weighted by molar-refractivity contribution is 7.14. The van der Waals surface area contributed by atoms with Crippen molar-refractivity contribution in [3.05, 3.63) is 71.9 Å². The summed E-state index contributed by atoms with van der Waals surface area (Å²) >= 11 is 1.13. The number of pyridine rings is 3. The molecular formula is C28H24FN7S. The zero-order valence-electron chi connectivity index (χ0n) is 20.0. The predicted molar refractivity (Wildman–Crippen MR) is 145 cm³/mol. The highest BCUT2D eigenvalue weighted by atomic mass is 32.1. The Morgan fingerprint density at radius 2 is 1.78 bits per heavy atom. The van der Waals surface area contributed by atoms with Crippen LogP contribution in [0.2, 0.25) is 0 Å². The fourth-order valence-corrected chi connectivity index (χ4v) is 5.97. The smallest absolute Gasteiger partial charge is 0.176 e. The third-order valence-corrected chi connectivity index (χ3v) is 7.93. The fraction of sp³-hybridized carbons (Fsp3) is 0.214. The van der Waals surface area contributed by atoms with Gasteiger partial charge in [-0.05, 0) is 67.9 Å². The number of halogens is 1. The quantitative estimate of drug-likeness (QED) is 0.280. The van der Waals surface area contributed by atoms with E-state index in [0.717, 1.165) is 80.3 Å². The van der Waals surface area contributed by atoms with Gasteiger partial charge < -0.3 is 4.98 Å². The molecular weight excluding hydrogens is 485 g/mol. The van der Waals surface area contributed by atoms with Crippen LogP contribution in [0.3, 0.4) is 0 Å². The molecule has 1 aliphatic heterocycles. The Morgan fingerprint density at radius 1 is 0.892 bits per heavy atom. The van der Waals surface area contributed by atoms with Crippen molar-refractivity contribution in [2.24, 2.45) is 0 Å². The van der Waals surface area contributed by atoms with Crippen molar-refractivity contribution in [1.29, 1.82) is 0 Å². The summed E-state index contributed by atoms with van der Waals surface area (Å²) in [7, 11) is 0. The van der Waals surface area contributed by atoms with Gasteiger partial charge >= 0.3 is 0 Å². The number of H-pyrrole nitrogens is 2. The van der Waals surface area contributed by atoms with Crippen LogP contribution in [0.1, 0.15) is 24.8 Å². The first-order valence-electron chi connectivity index (χ1n) is 12.5. The van der Waals surface area contributed by atoms with Gasteiger partial charge in [0.1, 0.15) is 11.3 Å². The standard InChI is InChI=1S/C28H24FN7S/c29-25-5-4-24(37-25)20-6-7-31-27-21(20)12-23(33-27)26-22-11-19(15-32-28(22)35-34-26)18-10-17(13-30-14-18)16-36-8-2-1-3-9-36/h4-7,10-15H,1-3,8-9,16H2,(H,31,33)(H,32,34,35). The number of aromatic amines is 2. The van der Waals surface area contributed by atoms with Crippen LogP contribution in [0.15, 0.2) is 61.2 Å². The van der Waals surface area contributed by atoms with Crippen molar-refractivity contribution < 1.29 is 4.39 Å². The zero-order chi connectivity index (χ0) is 24.8. The minimum absolute atomic E-state index is 0.206. The molecule has 9 heteroatoms. The summed E-state index contributed by atoms with van der Waals surface area (Å²) in [5.41, 5.74) is 7.23. The Bertz CT molecular complexity index is 1730. The van der Waals surface area contributed by atoms with Crippen LogP contribution in [0.4, 0.5) is 4.39 Å². The fourth-order valence-electron chi connectivity index (χ4n) is 5.20. The highest BCUT2D eigenvalue weighted by Gasteiger charge is 2.17. The van der Waals surface area contributed by atoms with Crippen LogP contribution in [0, 0.1) is 5.13 Å². The van der Waals surface area contributed by atoms with E-state index in [-0.39, 0.29) is 5.13 Å². The molecule has 6 aromatic rings. The van der Waals surface area contributed by atoms with E-state index in [1.54, 1.807) is 12.3 Å². The number of hydrogen-bond acceptors (Lipinski definition) is 6. The normalized spacial score (nSPS) is 14.6. The Labute approximate surface area is 216 Å². The van der Waals surface area contributed by atoms with Gasteiger partial charge in [0.25, 0.3) is 0 Å². The lowest BCUT2D eigenvalue weighted by Crippen LogP contribution is -2.29. The van der Waals surface area contributed by atoms with Gasteiger partial charge in [-0.2, -0.15) is 9.49 Å². The number of nitrogens with one attached hydrogen (secondary N) is 2. The van der Waals surface area contributed by atoms with Gasteiger partial charge in [0.05, 0.1) is 5.69 Å². The number of hydrogen-bond donors (Lipinski definition) is 2. The van der Waals surface area contributed by atoms with Gasteiger partial charge in [0, 0.05) is 63.7 Å². The summed E-state index contributed by atoms with van der Waals surface area (Å²) in [4.78, 5) is 20.4. The summed E-state index contributed by atoms with van der Waals surface area (Å²) in [6.07, 6.45) is 11.3. The minimum atomic E-state index is -0.206. The van der Waals surface area contributed by atoms with E-state index in [1.165, 1.54) is 30.9 Å². The van der Waals surface area contributed by atoms with Crippen molar-refractivity contribution in [1.82, 2.24) is 35.0 Å². The molecule has 1 aliphatic rings. The average Bonchev–Trinajstić information content (AvgIpc) is 3.66. The third-order valence-electron chi connectivity index (χ3n) is 7.03. The van der Waals surface area contributed by atoms with Crippen LogP contribution in [0.5, 0.6) is 0 Å². The largest absolute Gasteiger partial charge is 0.338 e. The Morgan fingerprint density at radius 3 is 2.65 bits per heavy atom. The summed E-state index contributed by atoms with van der Waals surface area (Å²) in [6, 6.07) is 11.6. The van der Waals surface area contributed by atoms with E-state index in [0.29, 0.717) is 5.65 Å². The second-order valence-electron chi connectivity index (χ2n) is 9.52. The molecule has 37 heavy (non-hydrogen) atoms. The molecule has 0 aromatic carbocycles. The maximum Gasteiger partial charge on any atom is 0.176 e. The molecule has 0 saturated carbocycles. The third kappa shape index (κ3) is 4.20. The number of likely N-dealkylation sites (tertiary alicyclic amines) is 1. The van der Waals surface area contributed by atoms with E-state index in [9.17, 15) is 4.39 Å². The molecule has 7 rings (SSSR count). The number of thiophene rings is 1. The summed E-state index contributed by atoms with van der Waals surface area (Å²) < 4.78 is 13.7. The second kappa shape index (κ2) is 9.17. The molecule has 0 radical (unpaired) electrons. The van der Waals surface area contributed by atoms with Crippen molar-refractivity contribution in [3.8, 4) is 33.0 Å². The van der Waals surface area contributed by atoms with E-state index in [1.807, 2.05) is 30.7 Å². The Hall–Kier alpha value is -3.95. The SMILES string of the molecule is Fc1ccc(-c2ccnc3[nH]c(-c4n[nH]c5ncc(-c6cncc(CN7CCCCC7)c6)cc45)cc23)s1. The molecule has 2 N–H and O–H groups in total. The van der Waals surface area contributed by atoms with E-state index in [2.05, 4.69) is 47.2 Å². The molecule has 0 amide bonds. The average molecular weight is 510 g/mol. The number of piperidine rings is 1. The molecule has 1 fully saturated rings. The topological polar surface area (TPSA) is 86.4 Å². The highest BCUT2D eigenvalue weighted by Crippen LogP contribution is 2.36. The van der Waals surface area contributed by atoms with Crippen molar-refractivity contribution in [2.75, 3.05) is 13.1 Å². The van der Waals surface area contributed by atoms with Crippen molar-refractivity contribution in [3.63, 3.8) is 0 Å². The Balaban J connectivity index is 1.26. The summed E-state index contributed by atoms with van der Waals surface area (Å²) in [6.45, 7) is 3.23. The number of rotatable bonds is 5. The molecule has 184 valence electrons. The summed E-state index contributed by atoms with van der Waals surface area (Å²) in [5.74, 6) is 0. The number of aromatic nitrogens is 6. The minimum Gasteiger partial charge on any atom is -0.338 e. The predicted octanol–water partition coefficient (Wildman–Crippen LogP) is 6.42. The first-order valence-corrected chi connectivity index (χ1v) is 13.3. The maximum absolute atomic E-state index is 13.7. The van der Waals surface area contributed by atoms with Crippen LogP contribution >= 0.6 is 11.3 Å². The lowest BCUT2D eigenvalue weighted by molar-refractivity contribution is 0.220. The van der Waals surface area contributed by atoms with Crippen LogP contribution < -0.4 is 0 Å². The molecule has 7 nitrogen and oxygen atoms in total. The van der Waals surface area contributed by atoms with Gasteiger partial charge in [-0.15, -0.1) is 11.3 Å². The van der Waals surface area contributed by atoms with E-state index in [4.69, 9.17) is 0 Å². The molecule has 7 heterocycles. The lowest BCUT2D eigenvalue weighted by Gasteiger charge is -2.26. The molecule has 0 aliphatic carbocycles.